The molecular weight excluding hydrogens is 267 g/mol. The normalized spacial score (nSPS) is 12.3. The lowest BCUT2D eigenvalue weighted by Gasteiger charge is -2.18. The Morgan fingerprint density at radius 3 is 2.81 bits per heavy atom. The third kappa shape index (κ3) is 2.65. The van der Waals surface area contributed by atoms with Crippen molar-refractivity contribution in [2.24, 2.45) is 0 Å². The SMILES string of the molecule is CC(Nc1cccc2cccnc12)c1cc(F)ccc1O. The quantitative estimate of drug-likeness (QED) is 0.754. The van der Waals surface area contributed by atoms with Crippen molar-refractivity contribution >= 4 is 16.6 Å². The number of halogens is 1. The van der Waals surface area contributed by atoms with E-state index in [1.165, 1.54) is 18.2 Å². The van der Waals surface area contributed by atoms with Crippen LogP contribution in [0, 0.1) is 5.82 Å². The molecule has 0 spiro atoms. The van der Waals surface area contributed by atoms with E-state index in [-0.39, 0.29) is 17.6 Å². The third-order valence-electron chi connectivity index (χ3n) is 3.46. The second kappa shape index (κ2) is 5.40. The van der Waals surface area contributed by atoms with Crippen LogP contribution in [0.3, 0.4) is 0 Å². The molecule has 0 saturated carbocycles. The standard InChI is InChI=1S/C17H15FN2O/c1-11(14-10-13(18)7-8-16(14)21)20-15-6-2-4-12-5-3-9-19-17(12)15/h2-11,20-21H,1H3. The maximum atomic E-state index is 13.3. The summed E-state index contributed by atoms with van der Waals surface area (Å²) in [5, 5.41) is 14.2. The van der Waals surface area contributed by atoms with E-state index in [0.717, 1.165) is 16.6 Å². The van der Waals surface area contributed by atoms with Crippen LogP contribution in [0.2, 0.25) is 0 Å². The number of aromatic nitrogens is 1. The molecule has 0 fully saturated rings. The molecule has 1 aromatic heterocycles. The molecule has 1 unspecified atom stereocenters. The number of benzene rings is 2. The minimum atomic E-state index is -0.368. The minimum absolute atomic E-state index is 0.0737. The fraction of sp³-hybridized carbons (Fsp3) is 0.118. The van der Waals surface area contributed by atoms with Crippen LogP contribution >= 0.6 is 0 Å². The summed E-state index contributed by atoms with van der Waals surface area (Å²) < 4.78 is 13.3. The van der Waals surface area contributed by atoms with E-state index >= 15 is 0 Å². The zero-order valence-electron chi connectivity index (χ0n) is 11.5. The van der Waals surface area contributed by atoms with Crippen LogP contribution in [0.15, 0.2) is 54.7 Å². The maximum Gasteiger partial charge on any atom is 0.123 e. The van der Waals surface area contributed by atoms with Crippen LogP contribution in [0.1, 0.15) is 18.5 Å². The molecule has 3 nitrogen and oxygen atoms in total. The summed E-state index contributed by atoms with van der Waals surface area (Å²) in [6.45, 7) is 1.87. The van der Waals surface area contributed by atoms with Crippen molar-refractivity contribution < 1.29 is 9.50 Å². The number of fused-ring (bicyclic) bond motifs is 1. The van der Waals surface area contributed by atoms with Crippen molar-refractivity contribution in [3.8, 4) is 5.75 Å². The molecule has 4 heteroatoms. The van der Waals surface area contributed by atoms with E-state index in [4.69, 9.17) is 0 Å². The second-order valence-electron chi connectivity index (χ2n) is 4.95. The van der Waals surface area contributed by atoms with Gasteiger partial charge in [0.15, 0.2) is 0 Å². The molecule has 0 bridgehead atoms. The predicted octanol–water partition coefficient (Wildman–Crippen LogP) is 4.25. The van der Waals surface area contributed by atoms with Gasteiger partial charge in [-0.2, -0.15) is 0 Å². The number of pyridine rings is 1. The summed E-state index contributed by atoms with van der Waals surface area (Å²) in [4.78, 5) is 4.37. The fourth-order valence-electron chi connectivity index (χ4n) is 2.40. The number of phenols is 1. The number of aromatic hydroxyl groups is 1. The molecule has 1 heterocycles. The van der Waals surface area contributed by atoms with Gasteiger partial charge in [0, 0.05) is 17.1 Å². The molecule has 0 aliphatic rings. The summed E-state index contributed by atoms with van der Waals surface area (Å²) in [5.41, 5.74) is 2.22. The highest BCUT2D eigenvalue weighted by Gasteiger charge is 2.13. The Morgan fingerprint density at radius 1 is 1.14 bits per heavy atom. The highest BCUT2D eigenvalue weighted by Crippen LogP contribution is 2.30. The van der Waals surface area contributed by atoms with Gasteiger partial charge in [0.2, 0.25) is 0 Å². The number of hydrogen-bond acceptors (Lipinski definition) is 3. The van der Waals surface area contributed by atoms with E-state index in [0.29, 0.717) is 5.56 Å². The third-order valence-corrected chi connectivity index (χ3v) is 3.46. The van der Waals surface area contributed by atoms with Gasteiger partial charge in [-0.15, -0.1) is 0 Å². The Labute approximate surface area is 122 Å². The zero-order chi connectivity index (χ0) is 14.8. The van der Waals surface area contributed by atoms with Gasteiger partial charge < -0.3 is 10.4 Å². The van der Waals surface area contributed by atoms with Crippen LogP contribution in [-0.4, -0.2) is 10.1 Å². The average molecular weight is 282 g/mol. The topological polar surface area (TPSA) is 45.2 Å². The molecule has 3 aromatic rings. The highest BCUT2D eigenvalue weighted by molar-refractivity contribution is 5.90. The van der Waals surface area contributed by atoms with Crippen molar-refractivity contribution in [2.75, 3.05) is 5.32 Å². The van der Waals surface area contributed by atoms with Gasteiger partial charge in [0.05, 0.1) is 17.2 Å². The van der Waals surface area contributed by atoms with Gasteiger partial charge in [-0.05, 0) is 37.3 Å². The molecule has 21 heavy (non-hydrogen) atoms. The largest absolute Gasteiger partial charge is 0.508 e. The first-order valence-electron chi connectivity index (χ1n) is 6.74. The van der Waals surface area contributed by atoms with Crippen molar-refractivity contribution in [3.05, 3.63) is 66.1 Å². The molecule has 1 atom stereocenters. The van der Waals surface area contributed by atoms with Crippen molar-refractivity contribution in [2.45, 2.75) is 13.0 Å². The average Bonchev–Trinajstić information content (AvgIpc) is 2.50. The Morgan fingerprint density at radius 2 is 1.95 bits per heavy atom. The van der Waals surface area contributed by atoms with E-state index in [9.17, 15) is 9.50 Å². The first-order valence-corrected chi connectivity index (χ1v) is 6.74. The summed E-state index contributed by atoms with van der Waals surface area (Å²) in [6.07, 6.45) is 1.73. The predicted molar refractivity (Wildman–Crippen MR) is 81.8 cm³/mol. The lowest BCUT2D eigenvalue weighted by Crippen LogP contribution is -2.08. The molecule has 2 aromatic carbocycles. The Hall–Kier alpha value is -2.62. The molecule has 0 amide bonds. The summed E-state index contributed by atoms with van der Waals surface area (Å²) >= 11 is 0. The van der Waals surface area contributed by atoms with Crippen LogP contribution < -0.4 is 5.32 Å². The Balaban J connectivity index is 1.96. The molecule has 0 aliphatic heterocycles. The van der Waals surface area contributed by atoms with Gasteiger partial charge in [-0.3, -0.25) is 4.98 Å². The lowest BCUT2D eigenvalue weighted by atomic mass is 10.1. The van der Waals surface area contributed by atoms with Gasteiger partial charge in [-0.25, -0.2) is 4.39 Å². The smallest absolute Gasteiger partial charge is 0.123 e. The second-order valence-corrected chi connectivity index (χ2v) is 4.95. The maximum absolute atomic E-state index is 13.3. The molecule has 0 aliphatic carbocycles. The molecule has 0 radical (unpaired) electrons. The molecule has 106 valence electrons. The van der Waals surface area contributed by atoms with E-state index in [1.54, 1.807) is 6.20 Å². The van der Waals surface area contributed by atoms with Gasteiger partial charge >= 0.3 is 0 Å². The van der Waals surface area contributed by atoms with E-state index < -0.39 is 0 Å². The Kier molecular flexibility index (Phi) is 3.44. The van der Waals surface area contributed by atoms with E-state index in [2.05, 4.69) is 10.3 Å². The summed E-state index contributed by atoms with van der Waals surface area (Å²) in [7, 11) is 0. The van der Waals surface area contributed by atoms with Crippen LogP contribution in [0.4, 0.5) is 10.1 Å². The summed E-state index contributed by atoms with van der Waals surface area (Å²) in [6, 6.07) is 13.4. The van der Waals surface area contributed by atoms with E-state index in [1.807, 2.05) is 37.3 Å². The molecule has 2 N–H and O–H groups in total. The van der Waals surface area contributed by atoms with Crippen LogP contribution in [-0.2, 0) is 0 Å². The number of hydrogen-bond donors (Lipinski definition) is 2. The highest BCUT2D eigenvalue weighted by atomic mass is 19.1. The number of anilines is 1. The van der Waals surface area contributed by atoms with Crippen molar-refractivity contribution in [3.63, 3.8) is 0 Å². The van der Waals surface area contributed by atoms with Crippen LogP contribution in [0.5, 0.6) is 5.75 Å². The van der Waals surface area contributed by atoms with Gasteiger partial charge in [0.25, 0.3) is 0 Å². The van der Waals surface area contributed by atoms with Crippen LogP contribution in [0.25, 0.3) is 10.9 Å². The number of phenolic OH excluding ortho intramolecular Hbond substituents is 1. The molecular formula is C17H15FN2O. The van der Waals surface area contributed by atoms with Gasteiger partial charge in [0.1, 0.15) is 11.6 Å². The monoisotopic (exact) mass is 282 g/mol. The zero-order valence-corrected chi connectivity index (χ0v) is 11.5. The number of nitrogens with zero attached hydrogens (tertiary/aromatic N) is 1. The fourth-order valence-corrected chi connectivity index (χ4v) is 2.40. The molecule has 0 saturated heterocycles. The lowest BCUT2D eigenvalue weighted by molar-refractivity contribution is 0.462. The number of rotatable bonds is 3. The molecule has 3 rings (SSSR count). The number of nitrogens with one attached hydrogen (secondary N) is 1. The van der Waals surface area contributed by atoms with Gasteiger partial charge in [-0.1, -0.05) is 18.2 Å². The van der Waals surface area contributed by atoms with Crippen molar-refractivity contribution in [1.82, 2.24) is 4.98 Å². The first kappa shape index (κ1) is 13.4. The minimum Gasteiger partial charge on any atom is -0.508 e. The Bertz CT molecular complexity index is 783. The number of para-hydroxylation sites is 1. The summed E-state index contributed by atoms with van der Waals surface area (Å²) in [5.74, 6) is -0.294. The first-order chi connectivity index (χ1) is 10.1. The van der Waals surface area contributed by atoms with Crippen molar-refractivity contribution in [1.29, 1.82) is 0 Å².